The highest BCUT2D eigenvalue weighted by Gasteiger charge is 2.10. The molecule has 1 aromatic carbocycles. The Labute approximate surface area is 106 Å². The first-order valence-electron chi connectivity index (χ1n) is 5.58. The zero-order chi connectivity index (χ0) is 13.5. The van der Waals surface area contributed by atoms with Gasteiger partial charge in [0.15, 0.2) is 0 Å². The zero-order valence-corrected chi connectivity index (χ0v) is 10.5. The molecule has 0 aromatic heterocycles. The molecule has 1 aromatic rings. The second kappa shape index (κ2) is 6.76. The van der Waals surface area contributed by atoms with Crippen LogP contribution < -0.4 is 0 Å². The monoisotopic (exact) mass is 251 g/mol. The number of aliphatic carboxylic acids is 1. The Balaban J connectivity index is 2.42. The number of ether oxygens (including phenoxy) is 1. The van der Waals surface area contributed by atoms with Crippen LogP contribution in [-0.2, 0) is 20.9 Å². The predicted octanol–water partition coefficient (Wildman–Crippen LogP) is 1.05. The molecular formula is C13H17NO4. The second-order valence-electron chi connectivity index (χ2n) is 4.13. The Morgan fingerprint density at radius 3 is 2.67 bits per heavy atom. The summed E-state index contributed by atoms with van der Waals surface area (Å²) in [6.07, 6.45) is 0. The van der Waals surface area contributed by atoms with Gasteiger partial charge in [-0.1, -0.05) is 29.8 Å². The van der Waals surface area contributed by atoms with Gasteiger partial charge in [-0.3, -0.25) is 4.79 Å². The Hall–Kier alpha value is -1.88. The highest BCUT2D eigenvalue weighted by molar-refractivity contribution is 5.77. The maximum Gasteiger partial charge on any atom is 0.329 e. The Kier molecular flexibility index (Phi) is 5.32. The maximum atomic E-state index is 11.6. The summed E-state index contributed by atoms with van der Waals surface area (Å²) >= 11 is 0. The number of rotatable bonds is 6. The molecule has 0 atom stereocenters. The topological polar surface area (TPSA) is 66.8 Å². The number of likely N-dealkylation sites (N-methyl/N-ethyl adjacent to an activating group) is 1. The van der Waals surface area contributed by atoms with Crippen molar-refractivity contribution in [3.8, 4) is 0 Å². The van der Waals surface area contributed by atoms with Crippen LogP contribution in [0.15, 0.2) is 24.3 Å². The van der Waals surface area contributed by atoms with Crippen molar-refractivity contribution in [2.24, 2.45) is 0 Å². The summed E-state index contributed by atoms with van der Waals surface area (Å²) < 4.78 is 4.75. The predicted molar refractivity (Wildman–Crippen MR) is 66.1 cm³/mol. The molecule has 0 heterocycles. The van der Waals surface area contributed by atoms with Gasteiger partial charge in [-0.2, -0.15) is 0 Å². The van der Waals surface area contributed by atoms with E-state index in [9.17, 15) is 9.59 Å². The molecule has 5 heteroatoms. The highest BCUT2D eigenvalue weighted by atomic mass is 16.5. The van der Waals surface area contributed by atoms with Crippen molar-refractivity contribution in [2.45, 2.75) is 13.5 Å². The molecule has 0 saturated carbocycles. The molecule has 1 N–H and O–H groups in total. The highest BCUT2D eigenvalue weighted by Crippen LogP contribution is 2.06. The van der Waals surface area contributed by atoms with Crippen LogP contribution in [0.1, 0.15) is 11.1 Å². The third kappa shape index (κ3) is 4.97. The third-order valence-corrected chi connectivity index (χ3v) is 2.38. The lowest BCUT2D eigenvalue weighted by molar-refractivity contribution is -0.145. The Morgan fingerprint density at radius 1 is 1.33 bits per heavy atom. The molecule has 1 rings (SSSR count). The van der Waals surface area contributed by atoms with E-state index in [4.69, 9.17) is 9.84 Å². The summed E-state index contributed by atoms with van der Waals surface area (Å²) in [7, 11) is 1.66. The molecule has 0 aliphatic rings. The van der Waals surface area contributed by atoms with E-state index in [1.54, 1.807) is 7.05 Å². The number of amides is 1. The Bertz CT molecular complexity index is 431. The Morgan fingerprint density at radius 2 is 2.06 bits per heavy atom. The molecule has 0 bridgehead atoms. The van der Waals surface area contributed by atoms with Gasteiger partial charge in [0.2, 0.25) is 5.91 Å². The molecule has 0 radical (unpaired) electrons. The quantitative estimate of drug-likeness (QED) is 0.820. The van der Waals surface area contributed by atoms with Crippen LogP contribution in [0, 0.1) is 6.92 Å². The van der Waals surface area contributed by atoms with Gasteiger partial charge in [0.25, 0.3) is 0 Å². The number of carboxylic acids is 1. The molecule has 0 unspecified atom stereocenters. The van der Waals surface area contributed by atoms with E-state index in [0.717, 1.165) is 11.1 Å². The van der Waals surface area contributed by atoms with E-state index >= 15 is 0 Å². The largest absolute Gasteiger partial charge is 0.480 e. The summed E-state index contributed by atoms with van der Waals surface area (Å²) in [6, 6.07) is 7.86. The minimum Gasteiger partial charge on any atom is -0.480 e. The van der Waals surface area contributed by atoms with Crippen molar-refractivity contribution >= 4 is 11.9 Å². The summed E-state index contributed by atoms with van der Waals surface area (Å²) in [5.41, 5.74) is 2.17. The van der Waals surface area contributed by atoms with Gasteiger partial charge < -0.3 is 14.7 Å². The summed E-state index contributed by atoms with van der Waals surface area (Å²) in [4.78, 5) is 23.4. The smallest absolute Gasteiger partial charge is 0.329 e. The van der Waals surface area contributed by atoms with Crippen LogP contribution in [0.25, 0.3) is 0 Å². The molecule has 5 nitrogen and oxygen atoms in total. The van der Waals surface area contributed by atoms with Crippen molar-refractivity contribution in [3.63, 3.8) is 0 Å². The van der Waals surface area contributed by atoms with Gasteiger partial charge in [0.1, 0.15) is 13.2 Å². The number of carbonyl (C=O) groups is 2. The van der Waals surface area contributed by atoms with Gasteiger partial charge in [-0.15, -0.1) is 0 Å². The molecule has 0 aliphatic carbocycles. The fraction of sp³-hybridized carbons (Fsp3) is 0.385. The maximum absolute atomic E-state index is 11.6. The van der Waals surface area contributed by atoms with E-state index in [0.29, 0.717) is 6.54 Å². The number of carboxylic acid groups (broad SMARTS) is 1. The second-order valence-corrected chi connectivity index (χ2v) is 4.13. The van der Waals surface area contributed by atoms with Crippen LogP contribution in [0.2, 0.25) is 0 Å². The van der Waals surface area contributed by atoms with E-state index in [-0.39, 0.29) is 12.5 Å². The van der Waals surface area contributed by atoms with E-state index in [1.165, 1.54) is 4.90 Å². The van der Waals surface area contributed by atoms with Crippen molar-refractivity contribution < 1.29 is 19.4 Å². The van der Waals surface area contributed by atoms with Gasteiger partial charge in [-0.25, -0.2) is 4.79 Å². The standard InChI is InChI=1S/C13H17NO4/c1-10-4-3-5-11(6-10)7-14(2)12(15)8-18-9-13(16)17/h3-6H,7-9H2,1-2H3,(H,16,17). The molecule has 0 aliphatic heterocycles. The SMILES string of the molecule is Cc1cccc(CN(C)C(=O)COCC(=O)O)c1. The lowest BCUT2D eigenvalue weighted by atomic mass is 10.1. The van der Waals surface area contributed by atoms with Gasteiger partial charge >= 0.3 is 5.97 Å². The molecule has 0 fully saturated rings. The van der Waals surface area contributed by atoms with E-state index in [2.05, 4.69) is 0 Å². The van der Waals surface area contributed by atoms with Crippen molar-refractivity contribution in [1.82, 2.24) is 4.90 Å². The summed E-state index contributed by atoms with van der Waals surface area (Å²) in [5, 5.41) is 8.38. The number of hydrogen-bond donors (Lipinski definition) is 1. The number of aryl methyl sites for hydroxylation is 1. The van der Waals surface area contributed by atoms with Crippen LogP contribution in [0.5, 0.6) is 0 Å². The number of carbonyl (C=O) groups excluding carboxylic acids is 1. The third-order valence-electron chi connectivity index (χ3n) is 2.38. The molecule has 18 heavy (non-hydrogen) atoms. The first-order valence-corrected chi connectivity index (χ1v) is 5.58. The number of nitrogens with zero attached hydrogens (tertiary/aromatic N) is 1. The van der Waals surface area contributed by atoms with Gasteiger partial charge in [-0.05, 0) is 12.5 Å². The number of hydrogen-bond acceptors (Lipinski definition) is 3. The van der Waals surface area contributed by atoms with Crippen LogP contribution >= 0.6 is 0 Å². The van der Waals surface area contributed by atoms with E-state index < -0.39 is 12.6 Å². The minimum absolute atomic E-state index is 0.214. The first kappa shape index (κ1) is 14.2. The average Bonchev–Trinajstić information content (AvgIpc) is 2.28. The molecule has 0 spiro atoms. The van der Waals surface area contributed by atoms with Crippen LogP contribution in [-0.4, -0.2) is 42.1 Å². The lowest BCUT2D eigenvalue weighted by Gasteiger charge is -2.17. The van der Waals surface area contributed by atoms with E-state index in [1.807, 2.05) is 31.2 Å². The fourth-order valence-corrected chi connectivity index (χ4v) is 1.51. The van der Waals surface area contributed by atoms with Crippen LogP contribution in [0.4, 0.5) is 0 Å². The summed E-state index contributed by atoms with van der Waals surface area (Å²) in [5.74, 6) is -1.32. The number of benzene rings is 1. The lowest BCUT2D eigenvalue weighted by Crippen LogP contribution is -2.30. The molecule has 0 saturated heterocycles. The van der Waals surface area contributed by atoms with Gasteiger partial charge in [0.05, 0.1) is 0 Å². The fourth-order valence-electron chi connectivity index (χ4n) is 1.51. The average molecular weight is 251 g/mol. The minimum atomic E-state index is -1.08. The van der Waals surface area contributed by atoms with Crippen molar-refractivity contribution in [1.29, 1.82) is 0 Å². The zero-order valence-electron chi connectivity index (χ0n) is 10.5. The van der Waals surface area contributed by atoms with Crippen molar-refractivity contribution in [3.05, 3.63) is 35.4 Å². The summed E-state index contributed by atoms with van der Waals surface area (Å²) in [6.45, 7) is 1.80. The molecular weight excluding hydrogens is 234 g/mol. The molecule has 1 amide bonds. The van der Waals surface area contributed by atoms with Crippen LogP contribution in [0.3, 0.4) is 0 Å². The van der Waals surface area contributed by atoms with Gasteiger partial charge in [0, 0.05) is 13.6 Å². The molecule has 98 valence electrons. The van der Waals surface area contributed by atoms with Crippen molar-refractivity contribution in [2.75, 3.05) is 20.3 Å². The first-order chi connectivity index (χ1) is 8.49. The normalized spacial score (nSPS) is 10.1.